The lowest BCUT2D eigenvalue weighted by Crippen LogP contribution is -2.34. The number of benzene rings is 1. The van der Waals surface area contributed by atoms with Gasteiger partial charge in [-0.05, 0) is 38.3 Å². The van der Waals surface area contributed by atoms with Crippen molar-refractivity contribution in [2.75, 3.05) is 0 Å². The Labute approximate surface area is 109 Å². The van der Waals surface area contributed by atoms with E-state index in [-0.39, 0.29) is 0 Å². The average molecular weight is 242 g/mol. The van der Waals surface area contributed by atoms with Crippen molar-refractivity contribution in [1.29, 1.82) is 0 Å². The van der Waals surface area contributed by atoms with E-state index < -0.39 is 0 Å². The van der Waals surface area contributed by atoms with Gasteiger partial charge in [0.1, 0.15) is 0 Å². The van der Waals surface area contributed by atoms with Crippen molar-refractivity contribution in [3.05, 3.63) is 36.0 Å². The fourth-order valence-corrected chi connectivity index (χ4v) is 2.71. The van der Waals surface area contributed by atoms with Gasteiger partial charge in [-0.25, -0.2) is 0 Å². The summed E-state index contributed by atoms with van der Waals surface area (Å²) in [4.78, 5) is 0. The summed E-state index contributed by atoms with van der Waals surface area (Å²) < 4.78 is 2.38. The highest BCUT2D eigenvalue weighted by Crippen LogP contribution is 2.25. The highest BCUT2D eigenvalue weighted by Gasteiger charge is 2.17. The second-order valence-electron chi connectivity index (χ2n) is 5.68. The molecule has 0 amide bonds. The van der Waals surface area contributed by atoms with E-state index in [0.29, 0.717) is 6.04 Å². The topological polar surface area (TPSA) is 17.0 Å². The molecule has 3 rings (SSSR count). The van der Waals surface area contributed by atoms with E-state index in [2.05, 4.69) is 54.2 Å². The summed E-state index contributed by atoms with van der Waals surface area (Å²) in [7, 11) is 0. The fraction of sp³-hybridized carbons (Fsp3) is 0.500. The third-order valence-corrected chi connectivity index (χ3v) is 4.07. The lowest BCUT2D eigenvalue weighted by Gasteiger charge is -2.26. The number of rotatable bonds is 4. The molecule has 1 aromatic heterocycles. The Kier molecular flexibility index (Phi) is 3.13. The summed E-state index contributed by atoms with van der Waals surface area (Å²) in [6, 6.07) is 10.0. The van der Waals surface area contributed by atoms with Gasteiger partial charge in [0.25, 0.3) is 0 Å². The largest absolute Gasteiger partial charge is 0.345 e. The van der Waals surface area contributed by atoms with Crippen LogP contribution in [-0.2, 0) is 6.54 Å². The maximum absolute atomic E-state index is 3.67. The van der Waals surface area contributed by atoms with Gasteiger partial charge in [0, 0.05) is 35.7 Å². The number of nitrogens with one attached hydrogen (secondary N) is 1. The third kappa shape index (κ3) is 2.05. The Morgan fingerprint density at radius 3 is 2.72 bits per heavy atom. The second-order valence-corrected chi connectivity index (χ2v) is 5.68. The summed E-state index contributed by atoms with van der Waals surface area (Å²) >= 11 is 0. The third-order valence-electron chi connectivity index (χ3n) is 4.07. The first-order valence-electron chi connectivity index (χ1n) is 7.07. The second kappa shape index (κ2) is 4.77. The smallest absolute Gasteiger partial charge is 0.0486 e. The highest BCUT2D eigenvalue weighted by molar-refractivity contribution is 5.84. The fourth-order valence-electron chi connectivity index (χ4n) is 2.71. The molecule has 2 nitrogen and oxygen atoms in total. The molecule has 2 aromatic rings. The first-order valence-corrected chi connectivity index (χ1v) is 7.07. The molecule has 96 valence electrons. The molecule has 0 radical (unpaired) electrons. The molecule has 1 fully saturated rings. The summed E-state index contributed by atoms with van der Waals surface area (Å²) in [5.41, 5.74) is 2.80. The Hall–Kier alpha value is -1.28. The van der Waals surface area contributed by atoms with Crippen molar-refractivity contribution in [2.45, 2.75) is 51.7 Å². The van der Waals surface area contributed by atoms with Crippen molar-refractivity contribution >= 4 is 10.9 Å². The van der Waals surface area contributed by atoms with E-state index in [1.54, 1.807) is 0 Å². The van der Waals surface area contributed by atoms with E-state index in [9.17, 15) is 0 Å². The minimum Gasteiger partial charge on any atom is -0.345 e. The molecule has 1 heterocycles. The minimum absolute atomic E-state index is 0.521. The summed E-state index contributed by atoms with van der Waals surface area (Å²) in [6.07, 6.45) is 6.41. The quantitative estimate of drug-likeness (QED) is 0.861. The van der Waals surface area contributed by atoms with Crippen LogP contribution in [-0.4, -0.2) is 10.6 Å². The number of fused-ring (bicyclic) bond motifs is 1. The first-order chi connectivity index (χ1) is 8.75. The Morgan fingerprint density at radius 2 is 2.06 bits per heavy atom. The highest BCUT2D eigenvalue weighted by atomic mass is 15.0. The van der Waals surface area contributed by atoms with Gasteiger partial charge in [-0.1, -0.05) is 24.6 Å². The van der Waals surface area contributed by atoms with E-state index in [1.807, 2.05) is 0 Å². The zero-order valence-corrected chi connectivity index (χ0v) is 11.3. The SMILES string of the molecule is CC(C)n1cc(CNC2CCC2)c2ccccc21. The van der Waals surface area contributed by atoms with Gasteiger partial charge in [-0.3, -0.25) is 0 Å². The predicted molar refractivity (Wildman–Crippen MR) is 76.8 cm³/mol. The number of aromatic nitrogens is 1. The van der Waals surface area contributed by atoms with E-state index >= 15 is 0 Å². The Morgan fingerprint density at radius 1 is 1.28 bits per heavy atom. The summed E-state index contributed by atoms with van der Waals surface area (Å²) in [5.74, 6) is 0. The van der Waals surface area contributed by atoms with Crippen LogP contribution in [0.4, 0.5) is 0 Å². The number of nitrogens with zero attached hydrogens (tertiary/aromatic N) is 1. The van der Waals surface area contributed by atoms with E-state index in [4.69, 9.17) is 0 Å². The molecule has 0 atom stereocenters. The molecule has 2 heteroatoms. The zero-order chi connectivity index (χ0) is 12.5. The standard InChI is InChI=1S/C16H22N2/c1-12(2)18-11-13(10-17-14-6-5-7-14)15-8-3-4-9-16(15)18/h3-4,8-9,11-12,14,17H,5-7,10H2,1-2H3. The molecular formula is C16H22N2. The molecule has 0 spiro atoms. The van der Waals surface area contributed by atoms with Crippen LogP contribution >= 0.6 is 0 Å². The van der Waals surface area contributed by atoms with Crippen molar-refractivity contribution in [3.8, 4) is 0 Å². The van der Waals surface area contributed by atoms with Crippen molar-refractivity contribution < 1.29 is 0 Å². The molecule has 1 aliphatic rings. The van der Waals surface area contributed by atoms with Gasteiger partial charge >= 0.3 is 0 Å². The average Bonchev–Trinajstić information content (AvgIpc) is 2.67. The maximum atomic E-state index is 3.67. The van der Waals surface area contributed by atoms with Gasteiger partial charge in [0.15, 0.2) is 0 Å². The van der Waals surface area contributed by atoms with Crippen LogP contribution < -0.4 is 5.32 Å². The van der Waals surface area contributed by atoms with Crippen LogP contribution in [0.5, 0.6) is 0 Å². The van der Waals surface area contributed by atoms with Crippen molar-refractivity contribution in [2.24, 2.45) is 0 Å². The van der Waals surface area contributed by atoms with Crippen LogP contribution in [0.25, 0.3) is 10.9 Å². The molecule has 0 bridgehead atoms. The van der Waals surface area contributed by atoms with Gasteiger partial charge in [0.2, 0.25) is 0 Å². The molecule has 1 saturated carbocycles. The van der Waals surface area contributed by atoms with Gasteiger partial charge in [-0.2, -0.15) is 0 Å². The van der Waals surface area contributed by atoms with E-state index in [0.717, 1.165) is 12.6 Å². The lowest BCUT2D eigenvalue weighted by molar-refractivity contribution is 0.338. The monoisotopic (exact) mass is 242 g/mol. The minimum atomic E-state index is 0.521. The van der Waals surface area contributed by atoms with Crippen LogP contribution in [0.3, 0.4) is 0 Å². The van der Waals surface area contributed by atoms with Gasteiger partial charge in [-0.15, -0.1) is 0 Å². The number of hydrogen-bond acceptors (Lipinski definition) is 1. The Balaban J connectivity index is 1.90. The molecule has 0 saturated heterocycles. The molecule has 1 aromatic carbocycles. The van der Waals surface area contributed by atoms with Crippen LogP contribution in [0, 0.1) is 0 Å². The van der Waals surface area contributed by atoms with Crippen molar-refractivity contribution in [1.82, 2.24) is 9.88 Å². The molecule has 0 aliphatic heterocycles. The van der Waals surface area contributed by atoms with Gasteiger partial charge in [0.05, 0.1) is 0 Å². The van der Waals surface area contributed by atoms with Crippen LogP contribution in [0.2, 0.25) is 0 Å². The maximum Gasteiger partial charge on any atom is 0.0486 e. The first kappa shape index (κ1) is 11.8. The summed E-state index contributed by atoms with van der Waals surface area (Å²) in [6.45, 7) is 5.50. The lowest BCUT2D eigenvalue weighted by atomic mass is 9.93. The summed E-state index contributed by atoms with van der Waals surface area (Å²) in [5, 5.41) is 5.07. The predicted octanol–water partition coefficient (Wildman–Crippen LogP) is 3.86. The molecule has 1 aliphatic carbocycles. The Bertz CT molecular complexity index is 535. The zero-order valence-electron chi connectivity index (χ0n) is 11.3. The molecular weight excluding hydrogens is 220 g/mol. The van der Waals surface area contributed by atoms with Crippen molar-refractivity contribution in [3.63, 3.8) is 0 Å². The number of hydrogen-bond donors (Lipinski definition) is 1. The molecule has 18 heavy (non-hydrogen) atoms. The molecule has 1 N–H and O–H groups in total. The van der Waals surface area contributed by atoms with Crippen LogP contribution in [0.1, 0.15) is 44.7 Å². The number of para-hydroxylation sites is 1. The van der Waals surface area contributed by atoms with E-state index in [1.165, 1.54) is 35.7 Å². The molecule has 0 unspecified atom stereocenters. The van der Waals surface area contributed by atoms with Crippen LogP contribution in [0.15, 0.2) is 30.5 Å². The van der Waals surface area contributed by atoms with Gasteiger partial charge < -0.3 is 9.88 Å². The normalized spacial score (nSPS) is 16.4.